The van der Waals surface area contributed by atoms with Crippen LogP contribution in [0, 0.1) is 6.92 Å². The van der Waals surface area contributed by atoms with E-state index in [2.05, 4.69) is 0 Å². The summed E-state index contributed by atoms with van der Waals surface area (Å²) in [4.78, 5) is 23.6. The Balaban J connectivity index is 2.43. The number of benzene rings is 2. The third-order valence-corrected chi connectivity index (χ3v) is 3.15. The van der Waals surface area contributed by atoms with Crippen molar-refractivity contribution in [1.29, 1.82) is 0 Å². The van der Waals surface area contributed by atoms with E-state index in [1.807, 2.05) is 13.0 Å². The highest BCUT2D eigenvalue weighted by molar-refractivity contribution is 6.11. The van der Waals surface area contributed by atoms with Gasteiger partial charge in [0.05, 0.1) is 17.7 Å². The molecule has 0 fully saturated rings. The molecule has 0 radical (unpaired) electrons. The Labute approximate surface area is 123 Å². The van der Waals surface area contributed by atoms with Crippen LogP contribution < -0.4 is 4.74 Å². The molecule has 0 amide bonds. The van der Waals surface area contributed by atoms with Crippen molar-refractivity contribution in [2.45, 2.75) is 13.8 Å². The van der Waals surface area contributed by atoms with Crippen molar-refractivity contribution in [2.24, 2.45) is 0 Å². The van der Waals surface area contributed by atoms with Gasteiger partial charge in [-0.2, -0.15) is 0 Å². The predicted octanol–water partition coefficient (Wildman–Crippen LogP) is 3.32. The molecular weight excluding hydrogens is 268 g/mol. The van der Waals surface area contributed by atoms with Crippen LogP contribution in [0.1, 0.15) is 38.8 Å². The van der Waals surface area contributed by atoms with E-state index in [1.165, 1.54) is 12.1 Å². The van der Waals surface area contributed by atoms with Crippen LogP contribution in [0.4, 0.5) is 0 Å². The summed E-state index contributed by atoms with van der Waals surface area (Å²) in [5, 5.41) is 8.96. The Morgan fingerprint density at radius 3 is 2.43 bits per heavy atom. The van der Waals surface area contributed by atoms with Crippen molar-refractivity contribution < 1.29 is 19.4 Å². The summed E-state index contributed by atoms with van der Waals surface area (Å²) in [6.07, 6.45) is 0. The van der Waals surface area contributed by atoms with Gasteiger partial charge in [0.2, 0.25) is 0 Å². The Hall–Kier alpha value is -2.62. The van der Waals surface area contributed by atoms with Gasteiger partial charge in [-0.15, -0.1) is 0 Å². The third-order valence-electron chi connectivity index (χ3n) is 3.15. The lowest BCUT2D eigenvalue weighted by Gasteiger charge is -2.11. The van der Waals surface area contributed by atoms with Crippen LogP contribution in [0.25, 0.3) is 0 Å². The molecule has 0 bridgehead atoms. The monoisotopic (exact) mass is 284 g/mol. The fourth-order valence-electron chi connectivity index (χ4n) is 2.13. The molecule has 4 heteroatoms. The Morgan fingerprint density at radius 2 is 1.81 bits per heavy atom. The average molecular weight is 284 g/mol. The van der Waals surface area contributed by atoms with E-state index in [0.717, 1.165) is 0 Å². The van der Waals surface area contributed by atoms with Gasteiger partial charge in [-0.3, -0.25) is 4.79 Å². The maximum absolute atomic E-state index is 12.6. The molecule has 0 atom stereocenters. The first-order valence-corrected chi connectivity index (χ1v) is 6.65. The van der Waals surface area contributed by atoms with Crippen LogP contribution in [0.3, 0.4) is 0 Å². The Morgan fingerprint density at radius 1 is 1.10 bits per heavy atom. The standard InChI is InChI=1S/C17H16O4/c1-3-21-15-7-5-4-6-14(15)16(18)13-9-8-12(17(19)20)10-11(13)2/h4-10H,3H2,1-2H3,(H,19,20). The second-order valence-corrected chi connectivity index (χ2v) is 4.59. The van der Waals surface area contributed by atoms with Crippen LogP contribution in [0.5, 0.6) is 5.75 Å². The van der Waals surface area contributed by atoms with Crippen molar-refractivity contribution in [2.75, 3.05) is 6.61 Å². The van der Waals surface area contributed by atoms with E-state index in [9.17, 15) is 9.59 Å². The molecule has 0 saturated heterocycles. The number of hydrogen-bond acceptors (Lipinski definition) is 3. The molecule has 2 aromatic carbocycles. The Bertz CT molecular complexity index is 689. The molecule has 108 valence electrons. The maximum Gasteiger partial charge on any atom is 0.335 e. The zero-order valence-electron chi connectivity index (χ0n) is 11.9. The fraction of sp³-hybridized carbons (Fsp3) is 0.176. The number of carboxylic acid groups (broad SMARTS) is 1. The summed E-state index contributed by atoms with van der Waals surface area (Å²) in [6.45, 7) is 4.05. The zero-order chi connectivity index (χ0) is 15.4. The number of ketones is 1. The molecule has 0 aromatic heterocycles. The van der Waals surface area contributed by atoms with Crippen LogP contribution >= 0.6 is 0 Å². The second-order valence-electron chi connectivity index (χ2n) is 4.59. The van der Waals surface area contributed by atoms with Gasteiger partial charge < -0.3 is 9.84 Å². The van der Waals surface area contributed by atoms with E-state index in [0.29, 0.717) is 29.0 Å². The minimum atomic E-state index is -1.01. The van der Waals surface area contributed by atoms with Crippen molar-refractivity contribution in [3.8, 4) is 5.75 Å². The maximum atomic E-state index is 12.6. The summed E-state index contributed by atoms with van der Waals surface area (Å²) in [7, 11) is 0. The summed E-state index contributed by atoms with van der Waals surface area (Å²) < 4.78 is 5.47. The lowest BCUT2D eigenvalue weighted by Crippen LogP contribution is -2.08. The second kappa shape index (κ2) is 6.22. The number of carboxylic acids is 1. The highest BCUT2D eigenvalue weighted by Crippen LogP contribution is 2.23. The molecule has 0 saturated carbocycles. The minimum Gasteiger partial charge on any atom is -0.493 e. The number of ether oxygens (including phenoxy) is 1. The predicted molar refractivity (Wildman–Crippen MR) is 79.2 cm³/mol. The van der Waals surface area contributed by atoms with E-state index >= 15 is 0 Å². The van der Waals surface area contributed by atoms with Gasteiger partial charge in [-0.25, -0.2) is 4.79 Å². The number of carbonyl (C=O) groups is 2. The molecule has 2 rings (SSSR count). The molecule has 21 heavy (non-hydrogen) atoms. The van der Waals surface area contributed by atoms with Gasteiger partial charge in [0.25, 0.3) is 0 Å². The van der Waals surface area contributed by atoms with Crippen molar-refractivity contribution >= 4 is 11.8 Å². The molecular formula is C17H16O4. The van der Waals surface area contributed by atoms with E-state index in [-0.39, 0.29) is 11.3 Å². The molecule has 2 aromatic rings. The fourth-order valence-corrected chi connectivity index (χ4v) is 2.13. The van der Waals surface area contributed by atoms with E-state index in [4.69, 9.17) is 9.84 Å². The van der Waals surface area contributed by atoms with Crippen LogP contribution in [-0.4, -0.2) is 23.5 Å². The molecule has 0 spiro atoms. The van der Waals surface area contributed by atoms with Crippen LogP contribution in [0.15, 0.2) is 42.5 Å². The quantitative estimate of drug-likeness (QED) is 0.855. The van der Waals surface area contributed by atoms with Crippen molar-refractivity contribution in [3.63, 3.8) is 0 Å². The average Bonchev–Trinajstić information content (AvgIpc) is 2.47. The van der Waals surface area contributed by atoms with Gasteiger partial charge in [-0.05, 0) is 49.7 Å². The van der Waals surface area contributed by atoms with Crippen molar-refractivity contribution in [3.05, 3.63) is 64.7 Å². The summed E-state index contributed by atoms with van der Waals surface area (Å²) in [5.41, 5.74) is 1.76. The lowest BCUT2D eigenvalue weighted by atomic mass is 9.97. The van der Waals surface area contributed by atoms with Crippen molar-refractivity contribution in [1.82, 2.24) is 0 Å². The molecule has 1 N–H and O–H groups in total. The highest BCUT2D eigenvalue weighted by atomic mass is 16.5. The molecule has 0 aliphatic rings. The molecule has 0 unspecified atom stereocenters. The van der Waals surface area contributed by atoms with Gasteiger partial charge in [0.15, 0.2) is 5.78 Å². The third kappa shape index (κ3) is 3.11. The molecule has 0 aliphatic heterocycles. The van der Waals surface area contributed by atoms with E-state index in [1.54, 1.807) is 31.2 Å². The lowest BCUT2D eigenvalue weighted by molar-refractivity contribution is 0.0696. The van der Waals surface area contributed by atoms with Crippen LogP contribution in [-0.2, 0) is 0 Å². The molecule has 0 aliphatic carbocycles. The first kappa shape index (κ1) is 14.8. The number of hydrogen-bond donors (Lipinski definition) is 1. The first-order chi connectivity index (χ1) is 10.0. The minimum absolute atomic E-state index is 0.169. The highest BCUT2D eigenvalue weighted by Gasteiger charge is 2.17. The Kier molecular flexibility index (Phi) is 4.38. The largest absolute Gasteiger partial charge is 0.493 e. The summed E-state index contributed by atoms with van der Waals surface area (Å²) >= 11 is 0. The summed E-state index contributed by atoms with van der Waals surface area (Å²) in [5.74, 6) is -0.646. The molecule has 0 heterocycles. The normalized spacial score (nSPS) is 10.2. The SMILES string of the molecule is CCOc1ccccc1C(=O)c1ccc(C(=O)O)cc1C. The number of para-hydroxylation sites is 1. The van der Waals surface area contributed by atoms with Gasteiger partial charge in [0, 0.05) is 5.56 Å². The van der Waals surface area contributed by atoms with Gasteiger partial charge in [-0.1, -0.05) is 12.1 Å². The van der Waals surface area contributed by atoms with E-state index < -0.39 is 5.97 Å². The van der Waals surface area contributed by atoms with Crippen LogP contribution in [0.2, 0.25) is 0 Å². The number of rotatable bonds is 5. The zero-order valence-corrected chi connectivity index (χ0v) is 11.9. The summed E-state index contributed by atoms with van der Waals surface area (Å²) in [6, 6.07) is 11.5. The molecule has 4 nitrogen and oxygen atoms in total. The van der Waals surface area contributed by atoms with Gasteiger partial charge in [0.1, 0.15) is 5.75 Å². The van der Waals surface area contributed by atoms with Gasteiger partial charge >= 0.3 is 5.97 Å². The smallest absolute Gasteiger partial charge is 0.335 e. The number of aromatic carboxylic acids is 1. The number of aryl methyl sites for hydroxylation is 1. The first-order valence-electron chi connectivity index (χ1n) is 6.65. The number of carbonyl (C=O) groups excluding carboxylic acids is 1. The topological polar surface area (TPSA) is 63.6 Å².